The molecule has 2 aliphatic heterocycles. The van der Waals surface area contributed by atoms with E-state index in [9.17, 15) is 14.7 Å². The molecular weight excluding hydrogens is 476 g/mol. The highest BCUT2D eigenvalue weighted by atomic mass is 16.3. The molecule has 2 unspecified atom stereocenters. The predicted molar refractivity (Wildman–Crippen MR) is 149 cm³/mol. The Hall–Kier alpha value is -3.68. The van der Waals surface area contributed by atoms with Crippen LogP contribution in [0.3, 0.4) is 0 Å². The zero-order valence-electron chi connectivity index (χ0n) is 22.1. The Bertz CT molecular complexity index is 1300. The van der Waals surface area contributed by atoms with Crippen LogP contribution >= 0.6 is 0 Å². The molecule has 0 fully saturated rings. The molecule has 7 heteroatoms. The summed E-state index contributed by atoms with van der Waals surface area (Å²) in [5, 5.41) is 14.6. The smallest absolute Gasteiger partial charge is 0.256 e. The quantitative estimate of drug-likeness (QED) is 0.508. The summed E-state index contributed by atoms with van der Waals surface area (Å²) in [7, 11) is 1.80. The fourth-order valence-electron chi connectivity index (χ4n) is 5.50. The van der Waals surface area contributed by atoms with Crippen LogP contribution in [0, 0.1) is 0 Å². The molecule has 2 aliphatic rings. The van der Waals surface area contributed by atoms with Gasteiger partial charge in [0.25, 0.3) is 11.8 Å². The van der Waals surface area contributed by atoms with Crippen LogP contribution in [0.1, 0.15) is 44.3 Å². The lowest BCUT2D eigenvalue weighted by Gasteiger charge is -2.33. The van der Waals surface area contributed by atoms with Gasteiger partial charge in [-0.1, -0.05) is 54.6 Å². The number of amides is 2. The summed E-state index contributed by atoms with van der Waals surface area (Å²) in [6.07, 6.45) is 0.0513. The molecule has 5 rings (SSSR count). The maximum Gasteiger partial charge on any atom is 0.256 e. The minimum atomic E-state index is -0.684. The van der Waals surface area contributed by atoms with Crippen molar-refractivity contribution >= 4 is 17.5 Å². The van der Waals surface area contributed by atoms with Gasteiger partial charge in [0.15, 0.2) is 0 Å². The summed E-state index contributed by atoms with van der Waals surface area (Å²) in [6, 6.07) is 23.4. The third-order valence-electron chi connectivity index (χ3n) is 7.72. The van der Waals surface area contributed by atoms with Gasteiger partial charge in [-0.05, 0) is 48.2 Å². The number of β-amino-alcohol motifs (C(OH)–C–C–N with tert-alkyl or cyclic N) is 1. The fourth-order valence-corrected chi connectivity index (χ4v) is 5.50. The van der Waals surface area contributed by atoms with E-state index in [4.69, 9.17) is 0 Å². The van der Waals surface area contributed by atoms with E-state index in [2.05, 4.69) is 29.3 Å². The lowest BCUT2D eigenvalue weighted by atomic mass is 9.92. The van der Waals surface area contributed by atoms with Crippen molar-refractivity contribution in [1.82, 2.24) is 15.1 Å². The summed E-state index contributed by atoms with van der Waals surface area (Å²) in [6.45, 7) is 5.41. The van der Waals surface area contributed by atoms with Crippen LogP contribution in [0.5, 0.6) is 0 Å². The van der Waals surface area contributed by atoms with E-state index in [0.717, 1.165) is 24.2 Å². The molecule has 198 valence electrons. The van der Waals surface area contributed by atoms with Crippen molar-refractivity contribution in [2.45, 2.75) is 38.6 Å². The van der Waals surface area contributed by atoms with Gasteiger partial charge in [0, 0.05) is 57.9 Å². The van der Waals surface area contributed by atoms with Gasteiger partial charge in [0.1, 0.15) is 0 Å². The Morgan fingerprint density at radius 1 is 1.03 bits per heavy atom. The number of hydrogen-bond acceptors (Lipinski definition) is 5. The van der Waals surface area contributed by atoms with Gasteiger partial charge in [0.05, 0.1) is 17.4 Å². The number of fused-ring (bicyclic) bond motifs is 2. The lowest BCUT2D eigenvalue weighted by Crippen LogP contribution is -2.50. The van der Waals surface area contributed by atoms with Crippen LogP contribution in [-0.2, 0) is 19.5 Å². The molecule has 2 heterocycles. The lowest BCUT2D eigenvalue weighted by molar-refractivity contribution is 0.0540. The molecular formula is C31H36N4O3. The van der Waals surface area contributed by atoms with Gasteiger partial charge < -0.3 is 25.1 Å². The standard InChI is InChI=1S/C31H36N4O3/c1-3-34-15-16-35(21-29(36)27-17-23-11-7-8-12-25(23)19-32-27)31(38)26-14-13-24(18-28(26)34)30(37)33(2)20-22-9-5-4-6-10-22/h4-14,18,27,29,32,36H,3,15-17,19-21H2,1-2H3. The van der Waals surface area contributed by atoms with Crippen LogP contribution in [0.4, 0.5) is 5.69 Å². The monoisotopic (exact) mass is 512 g/mol. The largest absolute Gasteiger partial charge is 0.390 e. The van der Waals surface area contributed by atoms with Gasteiger partial charge in [-0.3, -0.25) is 9.59 Å². The highest BCUT2D eigenvalue weighted by molar-refractivity contribution is 6.03. The fraction of sp³-hybridized carbons (Fsp3) is 0.355. The van der Waals surface area contributed by atoms with Crippen molar-refractivity contribution in [3.8, 4) is 0 Å². The Kier molecular flexibility index (Phi) is 7.77. The minimum Gasteiger partial charge on any atom is -0.390 e. The van der Waals surface area contributed by atoms with E-state index in [1.807, 2.05) is 48.5 Å². The maximum atomic E-state index is 13.6. The first kappa shape index (κ1) is 25.9. The van der Waals surface area contributed by atoms with Crippen LogP contribution in [0.25, 0.3) is 0 Å². The van der Waals surface area contributed by atoms with E-state index >= 15 is 0 Å². The molecule has 38 heavy (non-hydrogen) atoms. The second-order valence-corrected chi connectivity index (χ2v) is 10.2. The molecule has 0 spiro atoms. The SMILES string of the molecule is CCN1CCN(CC(O)C2Cc3ccccc3CN2)C(=O)c2ccc(C(=O)N(C)Cc3ccccc3)cc21. The summed E-state index contributed by atoms with van der Waals surface area (Å²) < 4.78 is 0. The van der Waals surface area contributed by atoms with E-state index in [1.165, 1.54) is 11.1 Å². The first-order valence-corrected chi connectivity index (χ1v) is 13.4. The van der Waals surface area contributed by atoms with Crippen molar-refractivity contribution in [3.05, 3.63) is 101 Å². The topological polar surface area (TPSA) is 76.1 Å². The predicted octanol–water partition coefficient (Wildman–Crippen LogP) is 3.32. The highest BCUT2D eigenvalue weighted by Gasteiger charge is 2.31. The highest BCUT2D eigenvalue weighted by Crippen LogP contribution is 2.28. The number of nitrogens with one attached hydrogen (secondary N) is 1. The molecule has 0 aromatic heterocycles. The Balaban J connectivity index is 1.31. The number of carbonyl (C=O) groups excluding carboxylic acids is 2. The number of benzene rings is 3. The van der Waals surface area contributed by atoms with Gasteiger partial charge >= 0.3 is 0 Å². The molecule has 7 nitrogen and oxygen atoms in total. The molecule has 0 aliphatic carbocycles. The molecule has 0 radical (unpaired) electrons. The van der Waals surface area contributed by atoms with Crippen molar-refractivity contribution in [1.29, 1.82) is 0 Å². The normalized spacial score (nSPS) is 17.9. The Labute approximate surface area is 224 Å². The molecule has 3 aromatic carbocycles. The van der Waals surface area contributed by atoms with Gasteiger partial charge in [0.2, 0.25) is 0 Å². The molecule has 0 saturated carbocycles. The summed E-state index contributed by atoms with van der Waals surface area (Å²) >= 11 is 0. The molecule has 3 aromatic rings. The zero-order chi connectivity index (χ0) is 26.6. The second kappa shape index (κ2) is 11.4. The first-order chi connectivity index (χ1) is 18.4. The number of hydrogen-bond donors (Lipinski definition) is 2. The molecule has 0 bridgehead atoms. The molecule has 2 amide bonds. The number of aliphatic hydroxyl groups excluding tert-OH is 1. The average Bonchev–Trinajstić information content (AvgIpc) is 3.08. The number of anilines is 1. The average molecular weight is 513 g/mol. The van der Waals surface area contributed by atoms with Crippen LogP contribution in [-0.4, -0.2) is 72.1 Å². The van der Waals surface area contributed by atoms with Gasteiger partial charge in [-0.25, -0.2) is 0 Å². The number of carbonyl (C=O) groups is 2. The van der Waals surface area contributed by atoms with E-state index < -0.39 is 6.10 Å². The van der Waals surface area contributed by atoms with Crippen molar-refractivity contribution in [2.75, 3.05) is 38.1 Å². The van der Waals surface area contributed by atoms with E-state index in [1.54, 1.807) is 29.0 Å². The van der Waals surface area contributed by atoms with Crippen molar-refractivity contribution in [3.63, 3.8) is 0 Å². The number of aliphatic hydroxyl groups is 1. The third kappa shape index (κ3) is 5.44. The van der Waals surface area contributed by atoms with Crippen molar-refractivity contribution in [2.24, 2.45) is 0 Å². The van der Waals surface area contributed by atoms with E-state index in [0.29, 0.717) is 37.3 Å². The molecule has 2 N–H and O–H groups in total. The van der Waals surface area contributed by atoms with E-state index in [-0.39, 0.29) is 24.4 Å². The Morgan fingerprint density at radius 2 is 1.74 bits per heavy atom. The van der Waals surface area contributed by atoms with Crippen LogP contribution < -0.4 is 10.2 Å². The number of likely N-dealkylation sites (N-methyl/N-ethyl adjacent to an activating group) is 1. The number of nitrogens with zero attached hydrogens (tertiary/aromatic N) is 3. The maximum absolute atomic E-state index is 13.6. The Morgan fingerprint density at radius 3 is 2.50 bits per heavy atom. The molecule has 0 saturated heterocycles. The van der Waals surface area contributed by atoms with Crippen LogP contribution in [0.15, 0.2) is 72.8 Å². The summed E-state index contributed by atoms with van der Waals surface area (Å²) in [5.41, 5.74) is 5.48. The summed E-state index contributed by atoms with van der Waals surface area (Å²) in [4.78, 5) is 32.5. The minimum absolute atomic E-state index is 0.0830. The third-order valence-corrected chi connectivity index (χ3v) is 7.72. The number of rotatable bonds is 7. The van der Waals surface area contributed by atoms with Crippen molar-refractivity contribution < 1.29 is 14.7 Å². The van der Waals surface area contributed by atoms with Crippen LogP contribution in [0.2, 0.25) is 0 Å². The van der Waals surface area contributed by atoms with Gasteiger partial charge in [-0.15, -0.1) is 0 Å². The first-order valence-electron chi connectivity index (χ1n) is 13.4. The van der Waals surface area contributed by atoms with Gasteiger partial charge in [-0.2, -0.15) is 0 Å². The summed E-state index contributed by atoms with van der Waals surface area (Å²) in [5.74, 6) is -0.191. The zero-order valence-corrected chi connectivity index (χ0v) is 22.1. The second-order valence-electron chi connectivity index (χ2n) is 10.2. The molecule has 2 atom stereocenters.